The molecule has 2 heterocycles. The van der Waals surface area contributed by atoms with Crippen LogP contribution in [0.4, 0.5) is 5.69 Å². The van der Waals surface area contributed by atoms with Crippen LogP contribution in [-0.2, 0) is 19.7 Å². The molecule has 1 aliphatic heterocycles. The third-order valence-corrected chi connectivity index (χ3v) is 9.31. The lowest BCUT2D eigenvalue weighted by Crippen LogP contribution is -2.11. The molecular formula is C26H21N3O5S2. The van der Waals surface area contributed by atoms with Gasteiger partial charge in [-0.15, -0.1) is 0 Å². The highest BCUT2D eigenvalue weighted by Crippen LogP contribution is 2.40. The largest absolute Gasteiger partial charge is 0.497 e. The molecule has 0 fully saturated rings. The Morgan fingerprint density at radius 1 is 0.833 bits per heavy atom. The van der Waals surface area contributed by atoms with Gasteiger partial charge in [-0.1, -0.05) is 29.3 Å². The second kappa shape index (κ2) is 8.65. The molecule has 10 heteroatoms. The fraction of sp³-hybridized carbons (Fsp3) is 0.115. The van der Waals surface area contributed by atoms with E-state index in [9.17, 15) is 16.8 Å². The van der Waals surface area contributed by atoms with Gasteiger partial charge < -0.3 is 4.74 Å². The fourth-order valence-electron chi connectivity index (χ4n) is 3.97. The van der Waals surface area contributed by atoms with Crippen LogP contribution in [0, 0.1) is 13.8 Å². The van der Waals surface area contributed by atoms with Gasteiger partial charge in [0.1, 0.15) is 17.8 Å². The molecule has 3 aromatic carbocycles. The predicted molar refractivity (Wildman–Crippen MR) is 134 cm³/mol. The maximum atomic E-state index is 13.8. The van der Waals surface area contributed by atoms with Gasteiger partial charge in [-0.05, 0) is 62.4 Å². The van der Waals surface area contributed by atoms with E-state index >= 15 is 0 Å². The molecule has 5 rings (SSSR count). The van der Waals surface area contributed by atoms with Crippen LogP contribution in [0.1, 0.15) is 22.3 Å². The number of hydrogen-bond donors (Lipinski definition) is 0. The van der Waals surface area contributed by atoms with Gasteiger partial charge in [0.05, 0.1) is 22.6 Å². The fourth-order valence-corrected chi connectivity index (χ4v) is 6.82. The first-order valence-corrected chi connectivity index (χ1v) is 13.9. The van der Waals surface area contributed by atoms with E-state index in [-0.39, 0.29) is 21.2 Å². The van der Waals surface area contributed by atoms with Crippen LogP contribution in [0.2, 0.25) is 0 Å². The van der Waals surface area contributed by atoms with Crippen molar-refractivity contribution >= 4 is 31.1 Å². The number of methoxy groups -OCH3 is 1. The van der Waals surface area contributed by atoms with Crippen molar-refractivity contribution in [3.05, 3.63) is 95.3 Å². The molecule has 0 spiro atoms. The molecule has 0 radical (unpaired) electrons. The first kappa shape index (κ1) is 23.8. The van der Waals surface area contributed by atoms with Crippen molar-refractivity contribution < 1.29 is 21.6 Å². The summed E-state index contributed by atoms with van der Waals surface area (Å²) in [7, 11) is -6.91. The Hall–Kier alpha value is -3.89. The summed E-state index contributed by atoms with van der Waals surface area (Å²) in [5, 5.41) is -0.938. The van der Waals surface area contributed by atoms with Gasteiger partial charge in [-0.25, -0.2) is 31.8 Å². The summed E-state index contributed by atoms with van der Waals surface area (Å²) < 4.78 is 60.1. The van der Waals surface area contributed by atoms with Crippen molar-refractivity contribution in [1.29, 1.82) is 0 Å². The van der Waals surface area contributed by atoms with Crippen molar-refractivity contribution in [3.8, 4) is 5.75 Å². The first-order valence-electron chi connectivity index (χ1n) is 10.9. The van der Waals surface area contributed by atoms with Crippen molar-refractivity contribution in [2.45, 2.75) is 33.7 Å². The minimum absolute atomic E-state index is 0.0150. The Labute approximate surface area is 209 Å². The zero-order chi connectivity index (χ0) is 25.7. The molecule has 8 nitrogen and oxygen atoms in total. The number of aromatic nitrogens is 2. The van der Waals surface area contributed by atoms with Crippen LogP contribution in [0.5, 0.6) is 5.75 Å². The van der Waals surface area contributed by atoms with Gasteiger partial charge in [0.25, 0.3) is 0 Å². The first-order chi connectivity index (χ1) is 17.1. The molecule has 36 heavy (non-hydrogen) atoms. The molecule has 0 saturated heterocycles. The molecule has 0 aliphatic carbocycles. The normalized spacial score (nSPS) is 14.2. The van der Waals surface area contributed by atoms with E-state index in [1.807, 2.05) is 13.8 Å². The standard InChI is InChI=1S/C26H21N3O5S2/c1-16-4-11-20(12-5-16)35(30,31)25-24-26(28-15-27-25)36(32,33)22-13-6-17(2)14-21(22)23(29-24)18-7-9-19(34-3)10-8-18/h4-15H,1-3H3. The molecule has 0 N–H and O–H groups in total. The summed E-state index contributed by atoms with van der Waals surface area (Å²) in [6, 6.07) is 18.0. The summed E-state index contributed by atoms with van der Waals surface area (Å²) in [5.41, 5.74) is 2.58. The van der Waals surface area contributed by atoms with Gasteiger partial charge in [-0.3, -0.25) is 0 Å². The highest BCUT2D eigenvalue weighted by atomic mass is 32.2. The van der Waals surface area contributed by atoms with Crippen LogP contribution in [0.3, 0.4) is 0 Å². The highest BCUT2D eigenvalue weighted by molar-refractivity contribution is 7.92. The van der Waals surface area contributed by atoms with Gasteiger partial charge in [0.15, 0.2) is 10.1 Å². The summed E-state index contributed by atoms with van der Waals surface area (Å²) in [6.07, 6.45) is 0.944. The number of aryl methyl sites for hydroxylation is 2. The SMILES string of the molecule is COc1ccc(C2=Nc3c(S(=O)(=O)c4ccc(C)cc4)ncnc3S(=O)(=O)c3ccc(C)cc32)cc1. The van der Waals surface area contributed by atoms with Crippen LogP contribution >= 0.6 is 0 Å². The summed E-state index contributed by atoms with van der Waals surface area (Å²) in [5.74, 6) is 0.608. The number of hydrogen-bond acceptors (Lipinski definition) is 8. The second-order valence-electron chi connectivity index (χ2n) is 8.34. The van der Waals surface area contributed by atoms with Gasteiger partial charge in [0, 0.05) is 11.1 Å². The monoisotopic (exact) mass is 519 g/mol. The molecular weight excluding hydrogens is 498 g/mol. The lowest BCUT2D eigenvalue weighted by Gasteiger charge is -2.11. The Morgan fingerprint density at radius 3 is 2.17 bits per heavy atom. The third-order valence-electron chi connectivity index (χ3n) is 5.86. The summed E-state index contributed by atoms with van der Waals surface area (Å²) >= 11 is 0. The molecule has 182 valence electrons. The number of sulfone groups is 2. The molecule has 0 unspecified atom stereocenters. The summed E-state index contributed by atoms with van der Waals surface area (Å²) in [6.45, 7) is 3.67. The maximum Gasteiger partial charge on any atom is 0.226 e. The van der Waals surface area contributed by atoms with Gasteiger partial charge in [-0.2, -0.15) is 0 Å². The van der Waals surface area contributed by atoms with E-state index in [4.69, 9.17) is 4.74 Å². The third kappa shape index (κ3) is 3.88. The Balaban J connectivity index is 1.86. The van der Waals surface area contributed by atoms with Gasteiger partial charge in [0.2, 0.25) is 19.7 Å². The zero-order valence-electron chi connectivity index (χ0n) is 19.6. The van der Waals surface area contributed by atoms with Crippen LogP contribution in [0.15, 0.2) is 97.9 Å². The van der Waals surface area contributed by atoms with E-state index < -0.39 is 29.7 Å². The molecule has 1 aromatic heterocycles. The second-order valence-corrected chi connectivity index (χ2v) is 12.0. The van der Waals surface area contributed by atoms with Crippen LogP contribution in [0.25, 0.3) is 0 Å². The Bertz CT molecular complexity index is 1740. The number of benzene rings is 3. The predicted octanol–water partition coefficient (Wildman–Crippen LogP) is 4.25. The smallest absolute Gasteiger partial charge is 0.226 e. The quantitative estimate of drug-likeness (QED) is 0.326. The molecule has 0 atom stereocenters. The number of aliphatic imine (C=N–C) groups is 1. The minimum Gasteiger partial charge on any atom is -0.497 e. The molecule has 0 bridgehead atoms. The number of ether oxygens (including phenoxy) is 1. The topological polar surface area (TPSA) is 116 Å². The highest BCUT2D eigenvalue weighted by Gasteiger charge is 2.36. The molecule has 0 saturated carbocycles. The van der Waals surface area contributed by atoms with Gasteiger partial charge >= 0.3 is 0 Å². The van der Waals surface area contributed by atoms with E-state index in [1.54, 1.807) is 55.6 Å². The maximum absolute atomic E-state index is 13.8. The van der Waals surface area contributed by atoms with Crippen LogP contribution in [-0.4, -0.2) is 39.6 Å². The molecule has 4 aromatic rings. The van der Waals surface area contributed by atoms with Crippen molar-refractivity contribution in [3.63, 3.8) is 0 Å². The van der Waals surface area contributed by atoms with E-state index in [2.05, 4.69) is 15.0 Å². The van der Waals surface area contributed by atoms with Crippen molar-refractivity contribution in [2.24, 2.45) is 4.99 Å². The molecule has 1 aliphatic rings. The number of fused-ring (bicyclic) bond motifs is 2. The van der Waals surface area contributed by atoms with Crippen LogP contribution < -0.4 is 4.74 Å². The minimum atomic E-state index is -4.23. The average molecular weight is 520 g/mol. The average Bonchev–Trinajstić information content (AvgIpc) is 2.96. The van der Waals surface area contributed by atoms with Crippen molar-refractivity contribution in [1.82, 2.24) is 9.97 Å². The lowest BCUT2D eigenvalue weighted by molar-refractivity contribution is 0.415. The summed E-state index contributed by atoms with van der Waals surface area (Å²) in [4.78, 5) is 12.6. The lowest BCUT2D eigenvalue weighted by atomic mass is 10.00. The van der Waals surface area contributed by atoms with E-state index in [0.717, 1.165) is 17.5 Å². The number of nitrogens with zero attached hydrogens (tertiary/aromatic N) is 3. The Morgan fingerprint density at radius 2 is 1.50 bits per heavy atom. The zero-order valence-corrected chi connectivity index (χ0v) is 21.3. The van der Waals surface area contributed by atoms with E-state index in [1.165, 1.54) is 18.2 Å². The molecule has 0 amide bonds. The Kier molecular flexibility index (Phi) is 5.73. The van der Waals surface area contributed by atoms with E-state index in [0.29, 0.717) is 16.9 Å². The number of rotatable bonds is 4. The van der Waals surface area contributed by atoms with Crippen molar-refractivity contribution in [2.75, 3.05) is 7.11 Å².